The van der Waals surface area contributed by atoms with Crippen LogP contribution in [0.5, 0.6) is 5.75 Å². The zero-order valence-corrected chi connectivity index (χ0v) is 18.8. The minimum Gasteiger partial charge on any atom is -0.489 e. The van der Waals surface area contributed by atoms with Crippen molar-refractivity contribution in [2.45, 2.75) is 27.0 Å². The number of ether oxygens (including phenoxy) is 1. The largest absolute Gasteiger partial charge is 0.489 e. The van der Waals surface area contributed by atoms with Gasteiger partial charge in [-0.3, -0.25) is 9.48 Å². The van der Waals surface area contributed by atoms with E-state index in [1.54, 1.807) is 10.9 Å². The molecule has 0 radical (unpaired) electrons. The summed E-state index contributed by atoms with van der Waals surface area (Å²) in [7, 11) is 0. The zero-order valence-electron chi connectivity index (χ0n) is 17.3. The molecule has 31 heavy (non-hydrogen) atoms. The molecule has 1 N–H and O–H groups in total. The Kier molecular flexibility index (Phi) is 6.39. The fraction of sp³-hybridized carbons (Fsp3) is 0.167. The second-order valence-corrected chi connectivity index (χ2v) is 8.65. The van der Waals surface area contributed by atoms with Gasteiger partial charge in [-0.05, 0) is 42.5 Å². The number of hydrogen-bond acceptors (Lipinski definition) is 4. The normalized spacial score (nSPS) is 10.8. The maximum Gasteiger partial charge on any atom is 0.266 e. The van der Waals surface area contributed by atoms with E-state index in [1.807, 2.05) is 49.6 Å². The lowest BCUT2D eigenvalue weighted by Crippen LogP contribution is -2.11. The monoisotopic (exact) mass is 451 g/mol. The SMILES string of the molecule is Cc1ccc(Cn2cc(Cl)c(NC(=O)c3cc(COc4ccccc4C)cs3)n2)cc1. The van der Waals surface area contributed by atoms with Crippen LogP contribution in [0.15, 0.2) is 66.2 Å². The smallest absolute Gasteiger partial charge is 0.266 e. The molecule has 0 unspecified atom stereocenters. The number of amides is 1. The molecule has 4 aromatic rings. The predicted molar refractivity (Wildman–Crippen MR) is 125 cm³/mol. The van der Waals surface area contributed by atoms with Gasteiger partial charge in [0.1, 0.15) is 17.4 Å². The number of nitrogens with one attached hydrogen (secondary N) is 1. The van der Waals surface area contributed by atoms with Crippen LogP contribution in [0.1, 0.15) is 31.9 Å². The van der Waals surface area contributed by atoms with Gasteiger partial charge in [0.05, 0.1) is 11.4 Å². The van der Waals surface area contributed by atoms with E-state index in [0.29, 0.717) is 28.9 Å². The molecule has 0 fully saturated rings. The van der Waals surface area contributed by atoms with Crippen molar-refractivity contribution in [3.63, 3.8) is 0 Å². The van der Waals surface area contributed by atoms with Crippen molar-refractivity contribution in [3.05, 3.63) is 98.3 Å². The molecule has 2 aromatic carbocycles. The number of anilines is 1. The number of aromatic nitrogens is 2. The number of para-hydroxylation sites is 1. The number of nitrogens with zero attached hydrogens (tertiary/aromatic N) is 2. The third kappa shape index (κ3) is 5.34. The molecule has 4 rings (SSSR count). The Hall–Kier alpha value is -3.09. The van der Waals surface area contributed by atoms with Gasteiger partial charge in [0.15, 0.2) is 5.82 Å². The van der Waals surface area contributed by atoms with Crippen LogP contribution in [-0.2, 0) is 13.2 Å². The molecule has 5 nitrogen and oxygen atoms in total. The molecule has 0 saturated carbocycles. The van der Waals surface area contributed by atoms with Gasteiger partial charge in [-0.2, -0.15) is 5.10 Å². The van der Waals surface area contributed by atoms with Crippen molar-refractivity contribution in [2.24, 2.45) is 0 Å². The molecule has 0 aliphatic heterocycles. The van der Waals surface area contributed by atoms with E-state index in [0.717, 1.165) is 22.4 Å². The van der Waals surface area contributed by atoms with Crippen LogP contribution in [0, 0.1) is 13.8 Å². The second-order valence-electron chi connectivity index (χ2n) is 7.34. The first-order valence-corrected chi connectivity index (χ1v) is 11.1. The fourth-order valence-corrected chi connectivity index (χ4v) is 4.05. The summed E-state index contributed by atoms with van der Waals surface area (Å²) in [6.07, 6.45) is 1.72. The fourth-order valence-electron chi connectivity index (χ4n) is 3.06. The Labute approximate surface area is 190 Å². The number of carbonyl (C=O) groups is 1. The summed E-state index contributed by atoms with van der Waals surface area (Å²) < 4.78 is 7.58. The molecule has 2 aromatic heterocycles. The van der Waals surface area contributed by atoms with Crippen LogP contribution in [0.25, 0.3) is 0 Å². The molecular formula is C24H22ClN3O2S. The molecule has 158 valence electrons. The number of halogens is 1. The summed E-state index contributed by atoms with van der Waals surface area (Å²) in [5, 5.41) is 9.55. The van der Waals surface area contributed by atoms with Crippen molar-refractivity contribution in [2.75, 3.05) is 5.32 Å². The molecule has 0 bridgehead atoms. The number of benzene rings is 2. The lowest BCUT2D eigenvalue weighted by atomic mass is 10.1. The van der Waals surface area contributed by atoms with Gasteiger partial charge in [-0.15, -0.1) is 11.3 Å². The summed E-state index contributed by atoms with van der Waals surface area (Å²) in [5.74, 6) is 0.949. The lowest BCUT2D eigenvalue weighted by Gasteiger charge is -2.07. The van der Waals surface area contributed by atoms with Gasteiger partial charge in [0, 0.05) is 11.8 Å². The molecule has 2 heterocycles. The van der Waals surface area contributed by atoms with E-state index in [-0.39, 0.29) is 5.91 Å². The van der Waals surface area contributed by atoms with Crippen LogP contribution < -0.4 is 10.1 Å². The van der Waals surface area contributed by atoms with Crippen molar-refractivity contribution in [3.8, 4) is 5.75 Å². The topological polar surface area (TPSA) is 56.2 Å². The number of carbonyl (C=O) groups excluding carboxylic acids is 1. The number of hydrogen-bond donors (Lipinski definition) is 1. The van der Waals surface area contributed by atoms with Gasteiger partial charge in [-0.25, -0.2) is 0 Å². The van der Waals surface area contributed by atoms with Gasteiger partial charge in [-0.1, -0.05) is 59.6 Å². The Morgan fingerprint density at radius 2 is 1.90 bits per heavy atom. The Morgan fingerprint density at radius 1 is 1.13 bits per heavy atom. The third-order valence-corrected chi connectivity index (χ3v) is 6.03. The molecular weight excluding hydrogens is 430 g/mol. The highest BCUT2D eigenvalue weighted by atomic mass is 35.5. The molecule has 0 spiro atoms. The van der Waals surface area contributed by atoms with Crippen LogP contribution in [0.4, 0.5) is 5.82 Å². The molecule has 7 heteroatoms. The van der Waals surface area contributed by atoms with E-state index < -0.39 is 0 Å². The van der Waals surface area contributed by atoms with E-state index in [9.17, 15) is 4.79 Å². The predicted octanol–water partition coefficient (Wildman–Crippen LogP) is 6.09. The standard InChI is InChI=1S/C24H22ClN3O2S/c1-16-7-9-18(10-8-16)12-28-13-20(25)23(27-28)26-24(29)22-11-19(15-31-22)14-30-21-6-4-3-5-17(21)2/h3-11,13,15H,12,14H2,1-2H3,(H,26,27,29). The maximum absolute atomic E-state index is 12.7. The third-order valence-electron chi connectivity index (χ3n) is 4.78. The molecule has 0 saturated heterocycles. The van der Waals surface area contributed by atoms with Crippen LogP contribution in [0.2, 0.25) is 5.02 Å². The Morgan fingerprint density at radius 3 is 2.68 bits per heavy atom. The zero-order chi connectivity index (χ0) is 21.8. The highest BCUT2D eigenvalue weighted by Gasteiger charge is 2.15. The first-order valence-electron chi connectivity index (χ1n) is 9.83. The first kappa shape index (κ1) is 21.2. The lowest BCUT2D eigenvalue weighted by molar-refractivity contribution is 0.103. The molecule has 0 aliphatic rings. The van der Waals surface area contributed by atoms with Gasteiger partial charge in [0.25, 0.3) is 5.91 Å². The maximum atomic E-state index is 12.7. The Balaban J connectivity index is 1.38. The summed E-state index contributed by atoms with van der Waals surface area (Å²) in [6, 6.07) is 17.9. The van der Waals surface area contributed by atoms with Crippen LogP contribution in [0.3, 0.4) is 0 Å². The molecule has 0 atom stereocenters. The summed E-state index contributed by atoms with van der Waals surface area (Å²) in [4.78, 5) is 13.2. The van der Waals surface area contributed by atoms with E-state index in [4.69, 9.17) is 16.3 Å². The second kappa shape index (κ2) is 9.37. The summed E-state index contributed by atoms with van der Waals surface area (Å²) in [5.41, 5.74) is 4.33. The van der Waals surface area contributed by atoms with Crippen molar-refractivity contribution in [1.82, 2.24) is 9.78 Å². The van der Waals surface area contributed by atoms with Gasteiger partial charge >= 0.3 is 0 Å². The van der Waals surface area contributed by atoms with E-state index >= 15 is 0 Å². The van der Waals surface area contributed by atoms with Crippen molar-refractivity contribution < 1.29 is 9.53 Å². The first-order chi connectivity index (χ1) is 15.0. The van der Waals surface area contributed by atoms with E-state index in [1.165, 1.54) is 16.9 Å². The van der Waals surface area contributed by atoms with Crippen molar-refractivity contribution >= 4 is 34.7 Å². The average Bonchev–Trinajstić information content (AvgIpc) is 3.36. The number of aryl methyl sites for hydroxylation is 2. The summed E-state index contributed by atoms with van der Waals surface area (Å²) in [6.45, 7) is 5.03. The summed E-state index contributed by atoms with van der Waals surface area (Å²) >= 11 is 7.65. The van der Waals surface area contributed by atoms with Crippen molar-refractivity contribution in [1.29, 1.82) is 0 Å². The average molecular weight is 452 g/mol. The minimum atomic E-state index is -0.241. The number of rotatable bonds is 7. The van der Waals surface area contributed by atoms with Gasteiger partial charge < -0.3 is 10.1 Å². The van der Waals surface area contributed by atoms with Crippen LogP contribution in [-0.4, -0.2) is 15.7 Å². The minimum absolute atomic E-state index is 0.241. The number of thiophene rings is 1. The Bertz CT molecular complexity index is 1200. The molecule has 0 aliphatic carbocycles. The van der Waals surface area contributed by atoms with Crippen LogP contribution >= 0.6 is 22.9 Å². The molecule has 1 amide bonds. The highest BCUT2D eigenvalue weighted by Crippen LogP contribution is 2.24. The van der Waals surface area contributed by atoms with Gasteiger partial charge in [0.2, 0.25) is 0 Å². The quantitative estimate of drug-likeness (QED) is 0.369. The van der Waals surface area contributed by atoms with E-state index in [2.05, 4.69) is 34.7 Å². The highest BCUT2D eigenvalue weighted by molar-refractivity contribution is 7.12.